The molecule has 0 saturated carbocycles. The summed E-state index contributed by atoms with van der Waals surface area (Å²) in [5, 5.41) is 5.57. The molecule has 1 aromatic heterocycles. The Morgan fingerprint density at radius 2 is 1.83 bits per heavy atom. The van der Waals surface area contributed by atoms with Crippen LogP contribution in [0.25, 0.3) is 0 Å². The van der Waals surface area contributed by atoms with Crippen LogP contribution >= 0.6 is 11.6 Å². The summed E-state index contributed by atoms with van der Waals surface area (Å²) < 4.78 is 15.2. The quantitative estimate of drug-likeness (QED) is 0.745. The van der Waals surface area contributed by atoms with Gasteiger partial charge in [0.1, 0.15) is 0 Å². The molecule has 0 atom stereocenters. The highest BCUT2D eigenvalue weighted by atomic mass is 35.5. The van der Waals surface area contributed by atoms with Crippen LogP contribution in [0.3, 0.4) is 0 Å². The molecule has 0 saturated heterocycles. The van der Waals surface area contributed by atoms with E-state index in [1.165, 1.54) is 32.6 Å². The number of carbonyl (C=O) groups excluding carboxylic acids is 2. The van der Waals surface area contributed by atoms with Crippen molar-refractivity contribution in [3.05, 3.63) is 46.9 Å². The van der Waals surface area contributed by atoms with E-state index in [4.69, 9.17) is 25.5 Å². The van der Waals surface area contributed by atoms with Crippen LogP contribution in [0.1, 0.15) is 20.9 Å². The lowest BCUT2D eigenvalue weighted by Crippen LogP contribution is -2.34. The van der Waals surface area contributed by atoms with Gasteiger partial charge in [-0.25, -0.2) is 0 Å². The number of nitrogens with one attached hydrogen (secondary N) is 2. The van der Waals surface area contributed by atoms with Crippen LogP contribution in [0, 0.1) is 0 Å². The highest BCUT2D eigenvalue weighted by Gasteiger charge is 2.15. The topological polar surface area (TPSA) is 89.8 Å². The van der Waals surface area contributed by atoms with Gasteiger partial charge in [-0.05, 0) is 24.3 Å². The van der Waals surface area contributed by atoms with Gasteiger partial charge in [0.25, 0.3) is 11.8 Å². The third-order valence-corrected chi connectivity index (χ3v) is 3.42. The third-order valence-electron chi connectivity index (χ3n) is 3.14. The van der Waals surface area contributed by atoms with E-state index in [-0.39, 0.29) is 35.7 Å². The highest BCUT2D eigenvalue weighted by molar-refractivity contribution is 6.32. The number of amides is 2. The molecule has 24 heavy (non-hydrogen) atoms. The summed E-state index contributed by atoms with van der Waals surface area (Å²) in [6.07, 6.45) is 1.41. The monoisotopic (exact) mass is 352 g/mol. The lowest BCUT2D eigenvalue weighted by atomic mass is 10.2. The third kappa shape index (κ3) is 4.20. The van der Waals surface area contributed by atoms with Gasteiger partial charge in [-0.1, -0.05) is 11.6 Å². The Labute approximate surface area is 143 Å². The van der Waals surface area contributed by atoms with Gasteiger partial charge in [-0.2, -0.15) is 0 Å². The average Bonchev–Trinajstić information content (AvgIpc) is 3.12. The molecule has 1 heterocycles. The molecule has 0 bridgehead atoms. The fourth-order valence-corrected chi connectivity index (χ4v) is 2.29. The van der Waals surface area contributed by atoms with Gasteiger partial charge < -0.3 is 24.5 Å². The van der Waals surface area contributed by atoms with Crippen LogP contribution in [0.5, 0.6) is 11.5 Å². The van der Waals surface area contributed by atoms with Gasteiger partial charge in [0.05, 0.1) is 25.5 Å². The number of ether oxygens (including phenoxy) is 2. The highest BCUT2D eigenvalue weighted by Crippen LogP contribution is 2.35. The second-order valence-electron chi connectivity index (χ2n) is 4.68. The van der Waals surface area contributed by atoms with Gasteiger partial charge in [-0.15, -0.1) is 0 Å². The molecule has 2 amide bonds. The molecule has 2 aromatic rings. The van der Waals surface area contributed by atoms with Crippen molar-refractivity contribution in [1.82, 2.24) is 10.6 Å². The van der Waals surface area contributed by atoms with Crippen molar-refractivity contribution in [1.29, 1.82) is 0 Å². The summed E-state index contributed by atoms with van der Waals surface area (Å²) in [4.78, 5) is 23.8. The minimum atomic E-state index is -0.344. The predicted octanol–water partition coefficient (Wildman–Crippen LogP) is 2.11. The molecule has 8 heteroatoms. The maximum atomic E-state index is 12.1. The first-order valence-electron chi connectivity index (χ1n) is 7.08. The number of benzene rings is 1. The van der Waals surface area contributed by atoms with E-state index < -0.39 is 0 Å². The minimum Gasteiger partial charge on any atom is -0.493 e. The van der Waals surface area contributed by atoms with Crippen molar-refractivity contribution in [3.63, 3.8) is 0 Å². The fourth-order valence-electron chi connectivity index (χ4n) is 2.00. The molecule has 2 rings (SSSR count). The summed E-state index contributed by atoms with van der Waals surface area (Å²) in [5.74, 6) is 0.254. The molecule has 1 aromatic carbocycles. The molecule has 2 N–H and O–H groups in total. The SMILES string of the molecule is COc1cc(C(=O)NCCNC(=O)c2ccco2)cc(Cl)c1OC. The normalized spacial score (nSPS) is 10.1. The summed E-state index contributed by atoms with van der Waals surface area (Å²) in [7, 11) is 2.92. The number of carbonyl (C=O) groups is 2. The van der Waals surface area contributed by atoms with Crippen molar-refractivity contribution in [2.24, 2.45) is 0 Å². The van der Waals surface area contributed by atoms with Gasteiger partial charge in [0, 0.05) is 18.7 Å². The molecule has 0 aliphatic heterocycles. The van der Waals surface area contributed by atoms with E-state index in [1.807, 2.05) is 0 Å². The first-order valence-corrected chi connectivity index (χ1v) is 7.46. The Kier molecular flexibility index (Phi) is 6.08. The van der Waals surface area contributed by atoms with Crippen LogP contribution in [-0.2, 0) is 0 Å². The standard InChI is InChI=1S/C16H17ClN2O5/c1-22-13-9-10(8-11(17)14(13)23-2)15(20)18-5-6-19-16(21)12-4-3-7-24-12/h3-4,7-9H,5-6H2,1-2H3,(H,18,20)(H,19,21). The maximum absolute atomic E-state index is 12.1. The van der Waals surface area contributed by atoms with Crippen molar-refractivity contribution < 1.29 is 23.5 Å². The minimum absolute atomic E-state index is 0.216. The van der Waals surface area contributed by atoms with Crippen molar-refractivity contribution in [2.45, 2.75) is 0 Å². The largest absolute Gasteiger partial charge is 0.493 e. The molecule has 0 aliphatic rings. The Bertz CT molecular complexity index is 716. The lowest BCUT2D eigenvalue weighted by molar-refractivity contribution is 0.0910. The first kappa shape index (κ1) is 17.7. The Hall–Kier alpha value is -2.67. The molecule has 128 valence electrons. The smallest absolute Gasteiger partial charge is 0.287 e. The molecule has 0 radical (unpaired) electrons. The Balaban J connectivity index is 1.88. The van der Waals surface area contributed by atoms with Crippen molar-refractivity contribution in [2.75, 3.05) is 27.3 Å². The number of halogens is 1. The van der Waals surface area contributed by atoms with Gasteiger partial charge in [-0.3, -0.25) is 9.59 Å². The van der Waals surface area contributed by atoms with Crippen molar-refractivity contribution in [3.8, 4) is 11.5 Å². The molecule has 7 nitrogen and oxygen atoms in total. The maximum Gasteiger partial charge on any atom is 0.287 e. The van der Waals surface area contributed by atoms with Gasteiger partial charge in [0.15, 0.2) is 17.3 Å². The fraction of sp³-hybridized carbons (Fsp3) is 0.250. The van der Waals surface area contributed by atoms with Crippen LogP contribution in [-0.4, -0.2) is 39.1 Å². The Morgan fingerprint density at radius 1 is 1.12 bits per heavy atom. The van der Waals surface area contributed by atoms with Crippen LogP contribution in [0.2, 0.25) is 5.02 Å². The molecular formula is C16H17ClN2O5. The molecule has 0 spiro atoms. The number of hydrogen-bond donors (Lipinski definition) is 2. The van der Waals surface area contributed by atoms with E-state index in [1.54, 1.807) is 12.1 Å². The van der Waals surface area contributed by atoms with E-state index in [2.05, 4.69) is 10.6 Å². The molecule has 0 fully saturated rings. The van der Waals surface area contributed by atoms with Crippen LogP contribution in [0.4, 0.5) is 0 Å². The first-order chi connectivity index (χ1) is 11.6. The van der Waals surface area contributed by atoms with Gasteiger partial charge in [0.2, 0.25) is 0 Å². The number of hydrogen-bond acceptors (Lipinski definition) is 5. The summed E-state index contributed by atoms with van der Waals surface area (Å²) in [5.41, 5.74) is 0.329. The summed E-state index contributed by atoms with van der Waals surface area (Å²) in [6, 6.07) is 6.19. The van der Waals surface area contributed by atoms with Crippen LogP contribution in [0.15, 0.2) is 34.9 Å². The second kappa shape index (κ2) is 8.26. The van der Waals surface area contributed by atoms with Crippen molar-refractivity contribution >= 4 is 23.4 Å². The lowest BCUT2D eigenvalue weighted by Gasteiger charge is -2.12. The Morgan fingerprint density at radius 3 is 2.42 bits per heavy atom. The molecule has 0 aliphatic carbocycles. The van der Waals surface area contributed by atoms with E-state index in [0.717, 1.165) is 0 Å². The van der Waals surface area contributed by atoms with E-state index >= 15 is 0 Å². The zero-order valence-electron chi connectivity index (χ0n) is 13.2. The van der Waals surface area contributed by atoms with Crippen LogP contribution < -0.4 is 20.1 Å². The average molecular weight is 353 g/mol. The second-order valence-corrected chi connectivity index (χ2v) is 5.09. The molecular weight excluding hydrogens is 336 g/mol. The number of furan rings is 1. The molecule has 0 unspecified atom stereocenters. The number of rotatable bonds is 7. The van der Waals surface area contributed by atoms with E-state index in [0.29, 0.717) is 17.1 Å². The zero-order chi connectivity index (χ0) is 17.5. The number of methoxy groups -OCH3 is 2. The summed E-state index contributed by atoms with van der Waals surface area (Å²) in [6.45, 7) is 0.504. The zero-order valence-corrected chi connectivity index (χ0v) is 14.0. The summed E-state index contributed by atoms with van der Waals surface area (Å²) >= 11 is 6.07. The van der Waals surface area contributed by atoms with Gasteiger partial charge >= 0.3 is 0 Å². The van der Waals surface area contributed by atoms with E-state index in [9.17, 15) is 9.59 Å². The predicted molar refractivity (Wildman–Crippen MR) is 87.9 cm³/mol.